The molecule has 1 unspecified atom stereocenters. The Hall–Kier alpha value is -1.31. The molecule has 3 N–H and O–H groups in total. The van der Waals surface area contributed by atoms with E-state index in [1.807, 2.05) is 0 Å². The number of hydrogen-bond acceptors (Lipinski definition) is 3. The largest absolute Gasteiger partial charge is 0.481 e. The first kappa shape index (κ1) is 21.4. The maximum atomic E-state index is 10.9. The van der Waals surface area contributed by atoms with Crippen molar-refractivity contribution in [2.45, 2.75) is 90.3 Å². The summed E-state index contributed by atoms with van der Waals surface area (Å²) < 4.78 is 0. The first-order chi connectivity index (χ1) is 13.4. The fourth-order valence-corrected chi connectivity index (χ4v) is 6.02. The van der Waals surface area contributed by atoms with Gasteiger partial charge in [0.1, 0.15) is 6.10 Å². The van der Waals surface area contributed by atoms with E-state index in [-0.39, 0.29) is 23.7 Å². The molecule has 4 heteroatoms. The summed E-state index contributed by atoms with van der Waals surface area (Å²) in [7, 11) is 0. The van der Waals surface area contributed by atoms with Gasteiger partial charge in [0.2, 0.25) is 0 Å². The number of aliphatic hydroxyl groups is 2. The minimum atomic E-state index is -0.758. The van der Waals surface area contributed by atoms with Gasteiger partial charge in [-0.15, -0.1) is 0 Å². The first-order valence-corrected chi connectivity index (χ1v) is 11.1. The zero-order valence-corrected chi connectivity index (χ0v) is 17.4. The molecule has 28 heavy (non-hydrogen) atoms. The third-order valence-electron chi connectivity index (χ3n) is 7.67. The SMILES string of the molecule is CC(C)[C@]12CC[C@@H](O)[C@H](C#CC(O)C3CCCCC3)[C@H]1CC2=CCCC(=O)O. The Morgan fingerprint density at radius 1 is 1.25 bits per heavy atom. The number of aliphatic hydroxyl groups excluding tert-OH is 2. The number of hydrogen-bond donors (Lipinski definition) is 3. The maximum Gasteiger partial charge on any atom is 0.303 e. The molecule has 0 aliphatic heterocycles. The van der Waals surface area contributed by atoms with Crippen molar-refractivity contribution < 1.29 is 20.1 Å². The second-order valence-electron chi connectivity index (χ2n) is 9.43. The third kappa shape index (κ3) is 4.16. The molecule has 3 aliphatic carbocycles. The molecule has 0 spiro atoms. The van der Waals surface area contributed by atoms with Crippen LogP contribution in [0.1, 0.15) is 78.1 Å². The van der Waals surface area contributed by atoms with Gasteiger partial charge < -0.3 is 15.3 Å². The lowest BCUT2D eigenvalue weighted by atomic mass is 9.43. The van der Waals surface area contributed by atoms with Gasteiger partial charge in [-0.25, -0.2) is 0 Å². The summed E-state index contributed by atoms with van der Waals surface area (Å²) in [5.41, 5.74) is 1.40. The van der Waals surface area contributed by atoms with Crippen LogP contribution in [0.5, 0.6) is 0 Å². The Morgan fingerprint density at radius 3 is 2.61 bits per heavy atom. The zero-order valence-electron chi connectivity index (χ0n) is 17.4. The predicted molar refractivity (Wildman–Crippen MR) is 109 cm³/mol. The van der Waals surface area contributed by atoms with Crippen molar-refractivity contribution in [3.05, 3.63) is 11.6 Å². The highest BCUT2D eigenvalue weighted by molar-refractivity contribution is 5.66. The van der Waals surface area contributed by atoms with Crippen molar-refractivity contribution in [1.29, 1.82) is 0 Å². The Labute approximate surface area is 169 Å². The van der Waals surface area contributed by atoms with Crippen LogP contribution in [-0.2, 0) is 4.79 Å². The van der Waals surface area contributed by atoms with Gasteiger partial charge >= 0.3 is 5.97 Å². The molecule has 4 nitrogen and oxygen atoms in total. The normalized spacial score (nSPS) is 35.6. The Bertz CT molecular complexity index is 649. The van der Waals surface area contributed by atoms with Crippen LogP contribution in [-0.4, -0.2) is 33.5 Å². The van der Waals surface area contributed by atoms with Crippen molar-refractivity contribution in [2.24, 2.45) is 29.1 Å². The van der Waals surface area contributed by atoms with Gasteiger partial charge in [-0.3, -0.25) is 4.79 Å². The Kier molecular flexibility index (Phi) is 6.89. The van der Waals surface area contributed by atoms with Crippen molar-refractivity contribution in [3.8, 4) is 11.8 Å². The first-order valence-electron chi connectivity index (χ1n) is 11.1. The molecule has 3 rings (SSSR count). The van der Waals surface area contributed by atoms with E-state index in [4.69, 9.17) is 5.11 Å². The van der Waals surface area contributed by atoms with Crippen LogP contribution < -0.4 is 0 Å². The van der Waals surface area contributed by atoms with Crippen LogP contribution in [0.4, 0.5) is 0 Å². The number of carbonyl (C=O) groups is 1. The molecule has 156 valence electrons. The molecule has 0 radical (unpaired) electrons. The summed E-state index contributed by atoms with van der Waals surface area (Å²) in [5.74, 6) is 6.59. The van der Waals surface area contributed by atoms with E-state index < -0.39 is 18.2 Å². The Balaban J connectivity index is 1.74. The van der Waals surface area contributed by atoms with Crippen molar-refractivity contribution in [1.82, 2.24) is 0 Å². The highest BCUT2D eigenvalue weighted by Gasteiger charge is 2.58. The van der Waals surface area contributed by atoms with Gasteiger partial charge in [0.15, 0.2) is 0 Å². The number of aliphatic carboxylic acids is 1. The molecular formula is C24H36O4. The topological polar surface area (TPSA) is 77.8 Å². The van der Waals surface area contributed by atoms with Crippen molar-refractivity contribution in [3.63, 3.8) is 0 Å². The average Bonchev–Trinajstić information content (AvgIpc) is 2.65. The van der Waals surface area contributed by atoms with Gasteiger partial charge in [-0.2, -0.15) is 0 Å². The fraction of sp³-hybridized carbons (Fsp3) is 0.792. The van der Waals surface area contributed by atoms with Crippen LogP contribution >= 0.6 is 0 Å². The molecular weight excluding hydrogens is 352 g/mol. The summed E-state index contributed by atoms with van der Waals surface area (Å²) in [6.07, 6.45) is 10.2. The van der Waals surface area contributed by atoms with E-state index in [1.54, 1.807) is 0 Å². The lowest BCUT2D eigenvalue weighted by molar-refractivity contribution is -0.136. The molecule has 0 aromatic heterocycles. The molecule has 0 saturated heterocycles. The van der Waals surface area contributed by atoms with Crippen LogP contribution in [0.2, 0.25) is 0 Å². The molecule has 0 aromatic rings. The van der Waals surface area contributed by atoms with Crippen molar-refractivity contribution >= 4 is 5.97 Å². The van der Waals surface area contributed by atoms with Gasteiger partial charge in [-0.05, 0) is 61.7 Å². The molecule has 0 heterocycles. The molecule has 0 amide bonds. The van der Waals surface area contributed by atoms with E-state index in [2.05, 4.69) is 31.8 Å². The second-order valence-corrected chi connectivity index (χ2v) is 9.43. The summed E-state index contributed by atoms with van der Waals surface area (Å²) >= 11 is 0. The highest BCUT2D eigenvalue weighted by Crippen LogP contribution is 2.64. The summed E-state index contributed by atoms with van der Waals surface area (Å²) in [6.45, 7) is 4.46. The van der Waals surface area contributed by atoms with Gasteiger partial charge in [0.05, 0.1) is 12.0 Å². The lowest BCUT2D eigenvalue weighted by Crippen LogP contribution is -2.56. The quantitative estimate of drug-likeness (QED) is 0.488. The number of carboxylic acid groups (broad SMARTS) is 1. The average molecular weight is 389 g/mol. The van der Waals surface area contributed by atoms with E-state index >= 15 is 0 Å². The summed E-state index contributed by atoms with van der Waals surface area (Å²) in [4.78, 5) is 10.9. The molecule has 3 saturated carbocycles. The minimum absolute atomic E-state index is 0.0346. The van der Waals surface area contributed by atoms with Crippen molar-refractivity contribution in [2.75, 3.05) is 0 Å². The fourth-order valence-electron chi connectivity index (χ4n) is 6.02. The number of rotatable bonds is 5. The molecule has 3 aliphatic rings. The van der Waals surface area contributed by atoms with Gasteiger partial charge in [0, 0.05) is 6.42 Å². The number of carboxylic acids is 1. The minimum Gasteiger partial charge on any atom is -0.481 e. The van der Waals surface area contributed by atoms with Crippen LogP contribution in [0.15, 0.2) is 11.6 Å². The van der Waals surface area contributed by atoms with Gasteiger partial charge in [0.25, 0.3) is 0 Å². The zero-order chi connectivity index (χ0) is 20.3. The van der Waals surface area contributed by atoms with Gasteiger partial charge in [-0.1, -0.05) is 56.6 Å². The van der Waals surface area contributed by atoms with E-state index in [9.17, 15) is 15.0 Å². The van der Waals surface area contributed by atoms with Crippen LogP contribution in [0.3, 0.4) is 0 Å². The van der Waals surface area contributed by atoms with E-state index in [0.717, 1.165) is 32.1 Å². The van der Waals surface area contributed by atoms with E-state index in [1.165, 1.54) is 24.8 Å². The maximum absolute atomic E-state index is 10.9. The third-order valence-corrected chi connectivity index (χ3v) is 7.67. The van der Waals surface area contributed by atoms with Crippen LogP contribution in [0, 0.1) is 40.9 Å². The lowest BCUT2D eigenvalue weighted by Gasteiger charge is -2.61. The molecule has 3 fully saturated rings. The standard InChI is InChI=1S/C24H36O4/c1-16(2)24-14-13-22(26)19(11-12-21(25)17-7-4-3-5-8-17)20(24)15-18(24)9-6-10-23(27)28/h9,16-17,19-22,25-26H,3-8,10,13-15H2,1-2H3,(H,27,28)/t19-,20-,21?,22-,24+/m1/s1. The highest BCUT2D eigenvalue weighted by atomic mass is 16.4. The molecule has 0 bridgehead atoms. The second kappa shape index (κ2) is 9.01. The summed E-state index contributed by atoms with van der Waals surface area (Å²) in [6, 6.07) is 0. The smallest absolute Gasteiger partial charge is 0.303 e. The number of fused-ring (bicyclic) bond motifs is 1. The molecule has 0 aromatic carbocycles. The van der Waals surface area contributed by atoms with E-state index in [0.29, 0.717) is 18.3 Å². The monoisotopic (exact) mass is 388 g/mol. The molecule has 5 atom stereocenters. The Morgan fingerprint density at radius 2 is 1.96 bits per heavy atom. The number of allylic oxidation sites excluding steroid dienone is 2. The van der Waals surface area contributed by atoms with Crippen LogP contribution in [0.25, 0.3) is 0 Å². The predicted octanol–water partition coefficient (Wildman–Crippen LogP) is 4.16. The summed E-state index contributed by atoms with van der Waals surface area (Å²) in [5, 5.41) is 30.1.